The van der Waals surface area contributed by atoms with Crippen LogP contribution in [0.3, 0.4) is 0 Å². The van der Waals surface area contributed by atoms with E-state index in [0.29, 0.717) is 11.3 Å². The first-order valence-electron chi connectivity index (χ1n) is 8.51. The lowest BCUT2D eigenvalue weighted by Crippen LogP contribution is -2.29. The number of thiophene rings is 1. The van der Waals surface area contributed by atoms with Gasteiger partial charge in [0.15, 0.2) is 0 Å². The lowest BCUT2D eigenvalue weighted by molar-refractivity contribution is -0.116. The molecule has 4 rings (SSSR count). The minimum atomic E-state index is -3.78. The zero-order valence-corrected chi connectivity index (χ0v) is 16.2. The molecule has 0 aliphatic carbocycles. The average molecular weight is 399 g/mol. The number of amides is 1. The summed E-state index contributed by atoms with van der Waals surface area (Å²) in [6, 6.07) is 17.6. The van der Waals surface area contributed by atoms with Crippen LogP contribution in [0.5, 0.6) is 0 Å². The molecular weight excluding hydrogens is 380 g/mol. The molecule has 0 saturated heterocycles. The Morgan fingerprint density at radius 2 is 1.85 bits per heavy atom. The first-order valence-corrected chi connectivity index (χ1v) is 10.9. The molecule has 5 nitrogen and oxygen atoms in total. The number of hydrogen-bond acceptors (Lipinski definition) is 4. The molecule has 2 N–H and O–H groups in total. The summed E-state index contributed by atoms with van der Waals surface area (Å²) in [6.45, 7) is 1.77. The maximum atomic E-state index is 13.1. The third-order valence-electron chi connectivity index (χ3n) is 4.68. The predicted molar refractivity (Wildman–Crippen MR) is 106 cm³/mol. The van der Waals surface area contributed by atoms with Gasteiger partial charge >= 0.3 is 0 Å². The Morgan fingerprint density at radius 3 is 2.56 bits per heavy atom. The van der Waals surface area contributed by atoms with E-state index in [4.69, 9.17) is 0 Å². The number of anilines is 1. The molecule has 0 unspecified atom stereocenters. The quantitative estimate of drug-likeness (QED) is 0.685. The number of rotatable bonds is 5. The molecule has 0 radical (unpaired) electrons. The summed E-state index contributed by atoms with van der Waals surface area (Å²) in [5.41, 5.74) is 2.24. The normalized spacial score (nSPS) is 17.4. The predicted octanol–water partition coefficient (Wildman–Crippen LogP) is 3.87. The second kappa shape index (κ2) is 6.92. The summed E-state index contributed by atoms with van der Waals surface area (Å²) in [4.78, 5) is 12.9. The van der Waals surface area contributed by atoms with Crippen molar-refractivity contribution in [1.82, 2.24) is 4.72 Å². The minimum Gasteiger partial charge on any atom is -0.325 e. The van der Waals surface area contributed by atoms with Gasteiger partial charge in [-0.05, 0) is 47.7 Å². The molecule has 0 saturated carbocycles. The summed E-state index contributed by atoms with van der Waals surface area (Å²) in [7, 11) is -3.78. The van der Waals surface area contributed by atoms with Gasteiger partial charge in [-0.3, -0.25) is 4.79 Å². The van der Waals surface area contributed by atoms with Crippen LogP contribution in [0.4, 0.5) is 5.69 Å². The molecule has 1 aliphatic heterocycles. The van der Waals surface area contributed by atoms with Crippen molar-refractivity contribution in [2.24, 2.45) is 0 Å². The van der Waals surface area contributed by atoms with E-state index in [1.54, 1.807) is 19.1 Å². The molecule has 2 heterocycles. The van der Waals surface area contributed by atoms with Crippen LogP contribution in [-0.2, 0) is 14.8 Å². The van der Waals surface area contributed by atoms with Gasteiger partial charge in [0.05, 0.1) is 16.9 Å². The minimum absolute atomic E-state index is 0.117. The second-order valence-electron chi connectivity index (χ2n) is 6.44. The highest BCUT2D eigenvalue weighted by molar-refractivity contribution is 7.89. The maximum Gasteiger partial charge on any atom is 0.241 e. The van der Waals surface area contributed by atoms with Gasteiger partial charge < -0.3 is 5.32 Å². The van der Waals surface area contributed by atoms with Crippen LogP contribution < -0.4 is 10.0 Å². The van der Waals surface area contributed by atoms with Crippen LogP contribution in [-0.4, -0.2) is 14.3 Å². The Labute approximate surface area is 162 Å². The molecule has 1 aliphatic rings. The zero-order valence-electron chi connectivity index (χ0n) is 14.5. The van der Waals surface area contributed by atoms with Crippen molar-refractivity contribution >= 4 is 33.0 Å². The number of carbonyl (C=O) groups is 1. The van der Waals surface area contributed by atoms with Crippen molar-refractivity contribution < 1.29 is 13.2 Å². The number of nitrogens with one attached hydrogen (secondary N) is 2. The number of sulfonamides is 1. The molecule has 0 fully saturated rings. The van der Waals surface area contributed by atoms with E-state index in [2.05, 4.69) is 10.0 Å². The standard InChI is InChI=1S/C20H18N2O3S2/c1-13-16-12-15(9-10-17(16)21-20(13)23)27(24,25)22-19(18-8-5-11-26-18)14-6-3-2-4-7-14/h2-13,19,22H,1H3,(H,21,23)/t13-,19-/m1/s1. The van der Waals surface area contributed by atoms with Crippen LogP contribution in [0.25, 0.3) is 0 Å². The van der Waals surface area contributed by atoms with Crippen molar-refractivity contribution in [2.75, 3.05) is 5.32 Å². The van der Waals surface area contributed by atoms with Crippen LogP contribution in [0, 0.1) is 0 Å². The van der Waals surface area contributed by atoms with E-state index in [-0.39, 0.29) is 16.7 Å². The van der Waals surface area contributed by atoms with Crippen molar-refractivity contribution in [3.8, 4) is 0 Å². The van der Waals surface area contributed by atoms with Gasteiger partial charge in [-0.25, -0.2) is 8.42 Å². The molecule has 0 bridgehead atoms. The van der Waals surface area contributed by atoms with E-state index in [1.807, 2.05) is 47.8 Å². The zero-order chi connectivity index (χ0) is 19.0. The van der Waals surface area contributed by atoms with E-state index in [9.17, 15) is 13.2 Å². The number of hydrogen-bond donors (Lipinski definition) is 2. The fourth-order valence-electron chi connectivity index (χ4n) is 3.18. The van der Waals surface area contributed by atoms with Gasteiger partial charge in [0.25, 0.3) is 0 Å². The molecule has 138 valence electrons. The topological polar surface area (TPSA) is 75.3 Å². The van der Waals surface area contributed by atoms with Crippen LogP contribution in [0.15, 0.2) is 70.9 Å². The highest BCUT2D eigenvalue weighted by atomic mass is 32.2. The van der Waals surface area contributed by atoms with Crippen molar-refractivity contribution in [3.63, 3.8) is 0 Å². The van der Waals surface area contributed by atoms with E-state index < -0.39 is 16.1 Å². The van der Waals surface area contributed by atoms with Gasteiger partial charge in [-0.1, -0.05) is 36.4 Å². The van der Waals surface area contributed by atoms with Crippen LogP contribution in [0.2, 0.25) is 0 Å². The highest BCUT2D eigenvalue weighted by Gasteiger charge is 2.29. The van der Waals surface area contributed by atoms with Gasteiger partial charge in [0.1, 0.15) is 0 Å². The van der Waals surface area contributed by atoms with Crippen molar-refractivity contribution in [1.29, 1.82) is 0 Å². The van der Waals surface area contributed by atoms with E-state index in [1.165, 1.54) is 17.4 Å². The smallest absolute Gasteiger partial charge is 0.241 e. The van der Waals surface area contributed by atoms with Crippen LogP contribution >= 0.6 is 11.3 Å². The molecule has 0 spiro atoms. The van der Waals surface area contributed by atoms with Crippen LogP contribution in [0.1, 0.15) is 34.9 Å². The molecule has 1 amide bonds. The Balaban J connectivity index is 1.71. The SMILES string of the molecule is C[C@H]1C(=O)Nc2ccc(S(=O)(=O)N[C@H](c3ccccc3)c3cccs3)cc21. The molecule has 1 aromatic heterocycles. The largest absolute Gasteiger partial charge is 0.325 e. The Kier molecular flexibility index (Phi) is 4.59. The van der Waals surface area contributed by atoms with Gasteiger partial charge in [-0.15, -0.1) is 11.3 Å². The third-order valence-corrected chi connectivity index (χ3v) is 7.04. The molecule has 2 atom stereocenters. The van der Waals surface area contributed by atoms with Crippen molar-refractivity contribution in [3.05, 3.63) is 82.0 Å². The fourth-order valence-corrected chi connectivity index (χ4v) is 5.29. The monoisotopic (exact) mass is 398 g/mol. The van der Waals surface area contributed by atoms with Gasteiger partial charge in [-0.2, -0.15) is 4.72 Å². The lowest BCUT2D eigenvalue weighted by Gasteiger charge is -2.18. The number of carbonyl (C=O) groups excluding carboxylic acids is 1. The molecular formula is C20H18N2O3S2. The Bertz CT molecular complexity index is 1080. The Hall–Kier alpha value is -2.48. The summed E-state index contributed by atoms with van der Waals surface area (Å²) >= 11 is 1.50. The van der Waals surface area contributed by atoms with E-state index in [0.717, 1.165) is 10.4 Å². The first kappa shape index (κ1) is 17.9. The fraction of sp³-hybridized carbons (Fsp3) is 0.150. The van der Waals surface area contributed by atoms with Gasteiger partial charge in [0.2, 0.25) is 15.9 Å². The molecule has 27 heavy (non-hydrogen) atoms. The molecule has 2 aromatic carbocycles. The second-order valence-corrected chi connectivity index (χ2v) is 9.13. The lowest BCUT2D eigenvalue weighted by atomic mass is 10.0. The summed E-state index contributed by atoms with van der Waals surface area (Å²) in [6.07, 6.45) is 0. The summed E-state index contributed by atoms with van der Waals surface area (Å²) in [5, 5.41) is 4.69. The maximum absolute atomic E-state index is 13.1. The summed E-state index contributed by atoms with van der Waals surface area (Å²) < 4.78 is 29.0. The Morgan fingerprint density at radius 1 is 1.07 bits per heavy atom. The average Bonchev–Trinajstić information content (AvgIpc) is 3.29. The number of benzene rings is 2. The third kappa shape index (κ3) is 3.41. The molecule has 7 heteroatoms. The number of fused-ring (bicyclic) bond motifs is 1. The van der Waals surface area contributed by atoms with E-state index >= 15 is 0 Å². The highest BCUT2D eigenvalue weighted by Crippen LogP contribution is 2.34. The van der Waals surface area contributed by atoms with Gasteiger partial charge in [0, 0.05) is 10.6 Å². The summed E-state index contributed by atoms with van der Waals surface area (Å²) in [5.74, 6) is -0.481. The first-order chi connectivity index (χ1) is 13.0. The molecule has 3 aromatic rings. The van der Waals surface area contributed by atoms with Crippen molar-refractivity contribution in [2.45, 2.75) is 23.8 Å².